The van der Waals surface area contributed by atoms with Crippen molar-refractivity contribution in [2.45, 2.75) is 43.9 Å². The van der Waals surface area contributed by atoms with Crippen LogP contribution in [0.5, 0.6) is 0 Å². The number of benzene rings is 1. The number of amides is 1. The largest absolute Gasteiger partial charge is 0.481 e. The van der Waals surface area contributed by atoms with Crippen molar-refractivity contribution >= 4 is 23.6 Å². The SMILES string of the molecule is CSc1ccc(C)c(C(=O)NCCCCCCC(=O)O)c1. The first-order valence-corrected chi connectivity index (χ1v) is 8.41. The van der Waals surface area contributed by atoms with Crippen molar-refractivity contribution in [2.24, 2.45) is 0 Å². The molecular weight excluding hydrogens is 286 g/mol. The van der Waals surface area contributed by atoms with E-state index in [2.05, 4.69) is 5.32 Å². The van der Waals surface area contributed by atoms with Gasteiger partial charge in [0.05, 0.1) is 0 Å². The second-order valence-electron chi connectivity index (χ2n) is 4.99. The molecule has 1 amide bonds. The van der Waals surface area contributed by atoms with Crippen LogP contribution in [-0.4, -0.2) is 29.8 Å². The smallest absolute Gasteiger partial charge is 0.303 e. The van der Waals surface area contributed by atoms with Gasteiger partial charge in [-0.3, -0.25) is 9.59 Å². The summed E-state index contributed by atoms with van der Waals surface area (Å²) >= 11 is 1.62. The topological polar surface area (TPSA) is 66.4 Å². The fraction of sp³-hybridized carbons (Fsp3) is 0.500. The minimum atomic E-state index is -0.743. The predicted molar refractivity (Wildman–Crippen MR) is 86.0 cm³/mol. The van der Waals surface area contributed by atoms with Crippen molar-refractivity contribution in [2.75, 3.05) is 12.8 Å². The summed E-state index contributed by atoms with van der Waals surface area (Å²) in [5.74, 6) is -0.776. The van der Waals surface area contributed by atoms with Gasteiger partial charge < -0.3 is 10.4 Å². The third-order valence-corrected chi connectivity index (χ3v) is 4.02. The lowest BCUT2D eigenvalue weighted by Gasteiger charge is -2.09. The molecule has 116 valence electrons. The highest BCUT2D eigenvalue weighted by molar-refractivity contribution is 7.98. The zero-order valence-corrected chi connectivity index (χ0v) is 13.5. The van der Waals surface area contributed by atoms with Crippen LogP contribution in [-0.2, 0) is 4.79 Å². The Morgan fingerprint density at radius 2 is 1.90 bits per heavy atom. The molecule has 0 aliphatic rings. The van der Waals surface area contributed by atoms with E-state index in [1.807, 2.05) is 31.4 Å². The Morgan fingerprint density at radius 3 is 2.57 bits per heavy atom. The molecule has 4 nitrogen and oxygen atoms in total. The lowest BCUT2D eigenvalue weighted by molar-refractivity contribution is -0.137. The number of carboxylic acid groups (broad SMARTS) is 1. The van der Waals surface area contributed by atoms with Crippen LogP contribution in [0.1, 0.15) is 48.0 Å². The van der Waals surface area contributed by atoms with E-state index in [9.17, 15) is 9.59 Å². The Kier molecular flexibility index (Phi) is 7.90. The van der Waals surface area contributed by atoms with Crippen molar-refractivity contribution in [1.29, 1.82) is 0 Å². The summed E-state index contributed by atoms with van der Waals surface area (Å²) in [4.78, 5) is 23.6. The zero-order chi connectivity index (χ0) is 15.7. The van der Waals surface area contributed by atoms with Gasteiger partial charge in [0.2, 0.25) is 0 Å². The molecule has 1 aromatic carbocycles. The third-order valence-electron chi connectivity index (χ3n) is 3.29. The Labute approximate surface area is 130 Å². The predicted octanol–water partition coefficient (Wildman–Crippen LogP) is 3.48. The van der Waals surface area contributed by atoms with Crippen molar-refractivity contribution in [3.8, 4) is 0 Å². The number of thioether (sulfide) groups is 1. The molecule has 1 rings (SSSR count). The summed E-state index contributed by atoms with van der Waals surface area (Å²) in [7, 11) is 0. The average molecular weight is 309 g/mol. The Hall–Kier alpha value is -1.49. The lowest BCUT2D eigenvalue weighted by atomic mass is 10.1. The number of rotatable bonds is 9. The van der Waals surface area contributed by atoms with Crippen molar-refractivity contribution < 1.29 is 14.7 Å². The lowest BCUT2D eigenvalue weighted by Crippen LogP contribution is -2.25. The summed E-state index contributed by atoms with van der Waals surface area (Å²) < 4.78 is 0. The molecule has 0 saturated carbocycles. The number of carbonyl (C=O) groups excluding carboxylic acids is 1. The number of carbonyl (C=O) groups is 2. The maximum atomic E-state index is 12.1. The highest BCUT2D eigenvalue weighted by Crippen LogP contribution is 2.19. The van der Waals surface area contributed by atoms with Gasteiger partial charge in [-0.2, -0.15) is 0 Å². The molecule has 0 aliphatic carbocycles. The standard InChI is InChI=1S/C16H23NO3S/c1-12-8-9-13(21-2)11-14(12)16(20)17-10-6-4-3-5-7-15(18)19/h8-9,11H,3-7,10H2,1-2H3,(H,17,20)(H,18,19). The van der Waals surface area contributed by atoms with Crippen LogP contribution < -0.4 is 5.32 Å². The third kappa shape index (κ3) is 6.67. The van der Waals surface area contributed by atoms with Gasteiger partial charge in [-0.15, -0.1) is 11.8 Å². The van der Waals surface area contributed by atoms with Gasteiger partial charge in [0.25, 0.3) is 5.91 Å². The van der Waals surface area contributed by atoms with E-state index in [4.69, 9.17) is 5.11 Å². The van der Waals surface area contributed by atoms with Crippen LogP contribution in [0.3, 0.4) is 0 Å². The fourth-order valence-corrected chi connectivity index (χ4v) is 2.46. The molecule has 0 bridgehead atoms. The van der Waals surface area contributed by atoms with Gasteiger partial charge in [-0.25, -0.2) is 0 Å². The van der Waals surface area contributed by atoms with E-state index < -0.39 is 5.97 Å². The van der Waals surface area contributed by atoms with Crippen LogP contribution in [0.15, 0.2) is 23.1 Å². The van der Waals surface area contributed by atoms with Crippen molar-refractivity contribution in [3.63, 3.8) is 0 Å². The van der Waals surface area contributed by atoms with Crippen LogP contribution >= 0.6 is 11.8 Å². The minimum absolute atomic E-state index is 0.0334. The number of aryl methyl sites for hydroxylation is 1. The number of carboxylic acids is 1. The molecule has 1 aromatic rings. The minimum Gasteiger partial charge on any atom is -0.481 e. The molecule has 0 fully saturated rings. The van der Waals surface area contributed by atoms with Gasteiger partial charge in [0, 0.05) is 23.4 Å². The maximum Gasteiger partial charge on any atom is 0.303 e. The summed E-state index contributed by atoms with van der Waals surface area (Å²) in [6.45, 7) is 2.57. The Bertz CT molecular complexity index is 488. The average Bonchev–Trinajstić information content (AvgIpc) is 2.46. The van der Waals surface area contributed by atoms with Crippen LogP contribution in [0.4, 0.5) is 0 Å². The molecule has 0 radical (unpaired) electrons. The maximum absolute atomic E-state index is 12.1. The zero-order valence-electron chi connectivity index (χ0n) is 12.6. The molecule has 0 unspecified atom stereocenters. The van der Waals surface area contributed by atoms with Gasteiger partial charge in [-0.05, 0) is 43.7 Å². The summed E-state index contributed by atoms with van der Waals surface area (Å²) in [6, 6.07) is 5.90. The summed E-state index contributed by atoms with van der Waals surface area (Å²) in [6.07, 6.45) is 5.64. The van der Waals surface area contributed by atoms with E-state index in [0.717, 1.165) is 35.3 Å². The first kappa shape index (κ1) is 17.6. The Balaban J connectivity index is 2.29. The highest BCUT2D eigenvalue weighted by atomic mass is 32.2. The van der Waals surface area contributed by atoms with E-state index in [0.29, 0.717) is 13.0 Å². The number of aliphatic carboxylic acids is 1. The quantitative estimate of drug-likeness (QED) is 0.541. The van der Waals surface area contributed by atoms with Crippen LogP contribution in [0.25, 0.3) is 0 Å². The van der Waals surface area contributed by atoms with E-state index >= 15 is 0 Å². The molecule has 0 spiro atoms. The van der Waals surface area contributed by atoms with Gasteiger partial charge in [-0.1, -0.05) is 18.9 Å². The van der Waals surface area contributed by atoms with Gasteiger partial charge in [0.1, 0.15) is 0 Å². The van der Waals surface area contributed by atoms with Gasteiger partial charge >= 0.3 is 5.97 Å². The van der Waals surface area contributed by atoms with Crippen molar-refractivity contribution in [3.05, 3.63) is 29.3 Å². The number of nitrogens with one attached hydrogen (secondary N) is 1. The number of hydrogen-bond donors (Lipinski definition) is 2. The fourth-order valence-electron chi connectivity index (χ4n) is 2.02. The molecule has 5 heteroatoms. The normalized spacial score (nSPS) is 10.4. The van der Waals surface area contributed by atoms with Crippen LogP contribution in [0.2, 0.25) is 0 Å². The molecule has 0 saturated heterocycles. The molecular formula is C16H23NO3S. The van der Waals surface area contributed by atoms with Crippen molar-refractivity contribution in [1.82, 2.24) is 5.32 Å². The second kappa shape index (κ2) is 9.45. The van der Waals surface area contributed by atoms with E-state index in [-0.39, 0.29) is 12.3 Å². The molecule has 21 heavy (non-hydrogen) atoms. The highest BCUT2D eigenvalue weighted by Gasteiger charge is 2.09. The first-order valence-electron chi connectivity index (χ1n) is 7.19. The first-order chi connectivity index (χ1) is 10.0. The monoisotopic (exact) mass is 309 g/mol. The van der Waals surface area contributed by atoms with E-state index in [1.54, 1.807) is 11.8 Å². The Morgan fingerprint density at radius 1 is 1.19 bits per heavy atom. The summed E-state index contributed by atoms with van der Waals surface area (Å²) in [5, 5.41) is 11.5. The number of unbranched alkanes of at least 4 members (excludes halogenated alkanes) is 3. The molecule has 0 heterocycles. The second-order valence-corrected chi connectivity index (χ2v) is 5.87. The molecule has 0 aliphatic heterocycles. The summed E-state index contributed by atoms with van der Waals surface area (Å²) in [5.41, 5.74) is 1.71. The van der Waals surface area contributed by atoms with E-state index in [1.165, 1.54) is 0 Å². The van der Waals surface area contributed by atoms with Gasteiger partial charge in [0.15, 0.2) is 0 Å². The molecule has 0 atom stereocenters. The molecule has 0 aromatic heterocycles. The van der Waals surface area contributed by atoms with Crippen LogP contribution in [0, 0.1) is 6.92 Å². The number of hydrogen-bond acceptors (Lipinski definition) is 3. The molecule has 2 N–H and O–H groups in total.